The topological polar surface area (TPSA) is 55.1 Å². The first-order chi connectivity index (χ1) is 9.15. The fourth-order valence-electron chi connectivity index (χ4n) is 3.00. The van der Waals surface area contributed by atoms with Crippen molar-refractivity contribution in [1.82, 2.24) is 5.32 Å². The number of nitrogens with one attached hydrogen (secondary N) is 1. The van der Waals surface area contributed by atoms with Crippen LogP contribution >= 0.6 is 11.3 Å². The van der Waals surface area contributed by atoms with Crippen LogP contribution in [-0.4, -0.2) is 12.5 Å². The molecule has 0 unspecified atom stereocenters. The zero-order valence-corrected chi connectivity index (χ0v) is 12.5. The number of carbonyl (C=O) groups is 1. The van der Waals surface area contributed by atoms with Crippen molar-refractivity contribution in [3.8, 4) is 0 Å². The van der Waals surface area contributed by atoms with Crippen LogP contribution in [0.3, 0.4) is 0 Å². The van der Waals surface area contributed by atoms with E-state index in [0.29, 0.717) is 13.0 Å². The molecule has 1 amide bonds. The molecule has 1 heterocycles. The minimum Gasteiger partial charge on any atom is -0.349 e. The van der Waals surface area contributed by atoms with Gasteiger partial charge in [0.1, 0.15) is 0 Å². The number of amides is 1. The maximum atomic E-state index is 12.2. The fourth-order valence-corrected chi connectivity index (χ4v) is 3.73. The first kappa shape index (κ1) is 14.5. The Labute approximate surface area is 119 Å². The predicted molar refractivity (Wildman–Crippen MR) is 80.1 cm³/mol. The predicted octanol–water partition coefficient (Wildman–Crippen LogP) is 3.22. The maximum absolute atomic E-state index is 12.2. The first-order valence-electron chi connectivity index (χ1n) is 7.18. The first-order valence-corrected chi connectivity index (χ1v) is 8.06. The monoisotopic (exact) mass is 280 g/mol. The third kappa shape index (κ3) is 3.80. The molecular formula is C15H24N2OS. The summed E-state index contributed by atoms with van der Waals surface area (Å²) < 4.78 is 0. The zero-order chi connectivity index (χ0) is 13.7. The largest absolute Gasteiger partial charge is 0.349 e. The van der Waals surface area contributed by atoms with Crippen molar-refractivity contribution in [3.63, 3.8) is 0 Å². The number of carbonyl (C=O) groups excluding carboxylic acids is 1. The molecule has 19 heavy (non-hydrogen) atoms. The molecule has 1 atom stereocenters. The fraction of sp³-hybridized carbons (Fsp3) is 0.667. The van der Waals surface area contributed by atoms with Gasteiger partial charge in [0.25, 0.3) is 0 Å². The molecule has 2 rings (SSSR count). The minimum absolute atomic E-state index is 0.0531. The quantitative estimate of drug-likeness (QED) is 0.870. The highest BCUT2D eigenvalue weighted by atomic mass is 32.1. The molecule has 0 saturated heterocycles. The Kier molecular flexibility index (Phi) is 4.99. The molecule has 106 valence electrons. The van der Waals surface area contributed by atoms with Crippen LogP contribution in [0.4, 0.5) is 0 Å². The van der Waals surface area contributed by atoms with Gasteiger partial charge in [-0.1, -0.05) is 25.3 Å². The van der Waals surface area contributed by atoms with E-state index in [1.165, 1.54) is 24.1 Å². The minimum atomic E-state index is 0.0531. The van der Waals surface area contributed by atoms with E-state index in [0.717, 1.165) is 12.8 Å². The molecule has 3 N–H and O–H groups in total. The van der Waals surface area contributed by atoms with Gasteiger partial charge in [0.15, 0.2) is 0 Å². The van der Waals surface area contributed by atoms with Gasteiger partial charge in [-0.05, 0) is 43.2 Å². The van der Waals surface area contributed by atoms with Gasteiger partial charge in [-0.15, -0.1) is 11.3 Å². The molecule has 0 aliphatic heterocycles. The lowest BCUT2D eigenvalue weighted by Crippen LogP contribution is -2.39. The van der Waals surface area contributed by atoms with Crippen LogP contribution in [0.5, 0.6) is 0 Å². The van der Waals surface area contributed by atoms with Gasteiger partial charge in [0.05, 0.1) is 6.04 Å². The lowest BCUT2D eigenvalue weighted by molar-refractivity contribution is -0.124. The second-order valence-electron chi connectivity index (χ2n) is 5.75. The van der Waals surface area contributed by atoms with Crippen molar-refractivity contribution in [2.45, 2.75) is 51.5 Å². The van der Waals surface area contributed by atoms with E-state index in [4.69, 9.17) is 5.73 Å². The van der Waals surface area contributed by atoms with Crippen molar-refractivity contribution in [1.29, 1.82) is 0 Å². The molecule has 4 heteroatoms. The van der Waals surface area contributed by atoms with Crippen LogP contribution in [-0.2, 0) is 4.79 Å². The SMILES string of the molecule is C[C@H](NC(=O)CC1(CN)CCCCC1)c1cccs1. The summed E-state index contributed by atoms with van der Waals surface area (Å²) in [5.74, 6) is 0.147. The second-order valence-corrected chi connectivity index (χ2v) is 6.73. The van der Waals surface area contributed by atoms with E-state index in [-0.39, 0.29) is 17.4 Å². The molecule has 1 aromatic heterocycles. The summed E-state index contributed by atoms with van der Waals surface area (Å²) in [7, 11) is 0. The third-order valence-corrected chi connectivity index (χ3v) is 5.29. The Morgan fingerprint density at radius 1 is 1.47 bits per heavy atom. The van der Waals surface area contributed by atoms with Crippen molar-refractivity contribution in [3.05, 3.63) is 22.4 Å². The van der Waals surface area contributed by atoms with E-state index in [9.17, 15) is 4.79 Å². The summed E-state index contributed by atoms with van der Waals surface area (Å²) >= 11 is 1.68. The summed E-state index contributed by atoms with van der Waals surface area (Å²) in [6.07, 6.45) is 6.50. The summed E-state index contributed by atoms with van der Waals surface area (Å²) in [6.45, 7) is 2.67. The Balaban J connectivity index is 1.89. The highest BCUT2D eigenvalue weighted by molar-refractivity contribution is 7.10. The molecule has 0 bridgehead atoms. The number of hydrogen-bond donors (Lipinski definition) is 2. The lowest BCUT2D eigenvalue weighted by atomic mass is 9.71. The van der Waals surface area contributed by atoms with Gasteiger partial charge in [-0.2, -0.15) is 0 Å². The van der Waals surface area contributed by atoms with Gasteiger partial charge in [0, 0.05) is 11.3 Å². The van der Waals surface area contributed by atoms with E-state index in [1.807, 2.05) is 18.4 Å². The molecule has 0 spiro atoms. The molecule has 1 saturated carbocycles. The average Bonchev–Trinajstić information content (AvgIpc) is 2.93. The molecule has 1 aliphatic carbocycles. The van der Waals surface area contributed by atoms with Crippen molar-refractivity contribution < 1.29 is 4.79 Å². The molecule has 3 nitrogen and oxygen atoms in total. The molecular weight excluding hydrogens is 256 g/mol. The normalized spacial score (nSPS) is 19.9. The highest BCUT2D eigenvalue weighted by Gasteiger charge is 2.33. The molecule has 1 aromatic rings. The van der Waals surface area contributed by atoms with Crippen LogP contribution in [0.2, 0.25) is 0 Å². The number of thiophene rings is 1. The van der Waals surface area contributed by atoms with Gasteiger partial charge < -0.3 is 11.1 Å². The van der Waals surface area contributed by atoms with E-state index in [2.05, 4.69) is 11.4 Å². The Bertz CT molecular complexity index is 396. The molecule has 0 aromatic carbocycles. The van der Waals surface area contributed by atoms with E-state index >= 15 is 0 Å². The van der Waals surface area contributed by atoms with Gasteiger partial charge in [0.2, 0.25) is 5.91 Å². The van der Waals surface area contributed by atoms with Crippen LogP contribution in [0.1, 0.15) is 56.4 Å². The van der Waals surface area contributed by atoms with Crippen LogP contribution in [0, 0.1) is 5.41 Å². The number of nitrogens with two attached hydrogens (primary N) is 1. The van der Waals surface area contributed by atoms with E-state index in [1.54, 1.807) is 11.3 Å². The molecule has 0 radical (unpaired) electrons. The van der Waals surface area contributed by atoms with Crippen molar-refractivity contribution >= 4 is 17.2 Å². The Hall–Kier alpha value is -0.870. The Morgan fingerprint density at radius 3 is 2.79 bits per heavy atom. The summed E-state index contributed by atoms with van der Waals surface area (Å²) in [5.41, 5.74) is 5.99. The van der Waals surface area contributed by atoms with Crippen molar-refractivity contribution in [2.24, 2.45) is 11.1 Å². The average molecular weight is 280 g/mol. The second kappa shape index (κ2) is 6.53. The number of hydrogen-bond acceptors (Lipinski definition) is 3. The van der Waals surface area contributed by atoms with E-state index < -0.39 is 0 Å². The standard InChI is InChI=1S/C15H24N2OS/c1-12(13-6-5-9-19-13)17-14(18)10-15(11-16)7-3-2-4-8-15/h5-6,9,12H,2-4,7-8,10-11,16H2,1H3,(H,17,18)/t12-/m0/s1. The summed E-state index contributed by atoms with van der Waals surface area (Å²) in [6, 6.07) is 4.19. The van der Waals surface area contributed by atoms with Crippen molar-refractivity contribution in [2.75, 3.05) is 6.54 Å². The van der Waals surface area contributed by atoms with Crippen LogP contribution < -0.4 is 11.1 Å². The maximum Gasteiger partial charge on any atom is 0.221 e. The van der Waals surface area contributed by atoms with Gasteiger partial charge in [-0.3, -0.25) is 4.79 Å². The smallest absolute Gasteiger partial charge is 0.221 e. The molecule has 1 fully saturated rings. The van der Waals surface area contributed by atoms with Gasteiger partial charge >= 0.3 is 0 Å². The zero-order valence-electron chi connectivity index (χ0n) is 11.7. The van der Waals surface area contributed by atoms with Gasteiger partial charge in [-0.25, -0.2) is 0 Å². The Morgan fingerprint density at radius 2 is 2.21 bits per heavy atom. The highest BCUT2D eigenvalue weighted by Crippen LogP contribution is 2.38. The summed E-state index contributed by atoms with van der Waals surface area (Å²) in [4.78, 5) is 13.4. The third-order valence-electron chi connectivity index (χ3n) is 4.23. The summed E-state index contributed by atoms with van der Waals surface area (Å²) in [5, 5.41) is 5.15. The van der Waals surface area contributed by atoms with Crippen LogP contribution in [0.25, 0.3) is 0 Å². The lowest BCUT2D eigenvalue weighted by Gasteiger charge is -2.35. The van der Waals surface area contributed by atoms with Crippen LogP contribution in [0.15, 0.2) is 17.5 Å². The molecule has 1 aliphatic rings. The number of rotatable bonds is 5.